The van der Waals surface area contributed by atoms with Gasteiger partial charge in [0.2, 0.25) is 0 Å². The first-order valence-electron chi connectivity index (χ1n) is 10.4. The van der Waals surface area contributed by atoms with Crippen LogP contribution in [0.4, 0.5) is 0 Å². The number of hydrogen-bond donors (Lipinski definition) is 0. The monoisotopic (exact) mass is 410 g/mol. The van der Waals surface area contributed by atoms with E-state index in [4.69, 9.17) is 11.1 Å². The highest BCUT2D eigenvalue weighted by Crippen LogP contribution is 2.47. The molecule has 0 saturated heterocycles. The summed E-state index contributed by atoms with van der Waals surface area (Å²) in [6.07, 6.45) is 2.38. The lowest BCUT2D eigenvalue weighted by Crippen LogP contribution is -2.28. The van der Waals surface area contributed by atoms with Gasteiger partial charge in [-0.05, 0) is 51.1 Å². The van der Waals surface area contributed by atoms with Gasteiger partial charge in [-0.25, -0.2) is 0 Å². The normalized spacial score (nSPS) is 17.5. The molecule has 1 aliphatic rings. The zero-order valence-corrected chi connectivity index (χ0v) is 20.8. The van der Waals surface area contributed by atoms with Crippen molar-refractivity contribution in [3.05, 3.63) is 64.2 Å². The Kier molecular flexibility index (Phi) is 5.26. The summed E-state index contributed by atoms with van der Waals surface area (Å²) in [5.74, 6) is 0. The molecule has 0 radical (unpaired) electrons. The molecule has 0 spiro atoms. The highest BCUT2D eigenvalue weighted by molar-refractivity contribution is 7.20. The van der Waals surface area contributed by atoms with Crippen LogP contribution in [0.25, 0.3) is 17.2 Å². The molecule has 0 heterocycles. The van der Waals surface area contributed by atoms with E-state index in [9.17, 15) is 0 Å². The zero-order valence-electron chi connectivity index (χ0n) is 19.0. The maximum absolute atomic E-state index is 6.93. The van der Waals surface area contributed by atoms with Crippen LogP contribution in [0.3, 0.4) is 0 Å². The molecule has 0 aliphatic heterocycles. The minimum atomic E-state index is -1.84. The second-order valence-corrected chi connectivity index (χ2v) is 17.6. The van der Waals surface area contributed by atoms with Crippen molar-refractivity contribution in [3.8, 4) is 11.1 Å². The van der Waals surface area contributed by atoms with Crippen molar-refractivity contribution < 1.29 is 0 Å². The molecule has 3 rings (SSSR count). The molecule has 150 valence electrons. The van der Waals surface area contributed by atoms with Gasteiger partial charge in [0.1, 0.15) is 0 Å². The largest absolute Gasteiger partial charge is 0.167 e. The average molecular weight is 411 g/mol. The maximum atomic E-state index is 6.93. The lowest BCUT2D eigenvalue weighted by Gasteiger charge is -2.27. The van der Waals surface area contributed by atoms with Crippen molar-refractivity contribution in [2.45, 2.75) is 77.9 Å². The molecule has 0 fully saturated rings. The van der Waals surface area contributed by atoms with Gasteiger partial charge in [0, 0.05) is 5.54 Å². The third-order valence-corrected chi connectivity index (χ3v) is 8.73. The third-order valence-electron chi connectivity index (χ3n) is 5.94. The molecule has 28 heavy (non-hydrogen) atoms. The van der Waals surface area contributed by atoms with Crippen LogP contribution in [0.2, 0.25) is 13.1 Å². The van der Waals surface area contributed by atoms with Crippen LogP contribution in [0.5, 0.6) is 0 Å². The Hall–Kier alpha value is -1.31. The Morgan fingerprint density at radius 3 is 1.86 bits per heavy atom. The van der Waals surface area contributed by atoms with Crippen LogP contribution in [0, 0.1) is 0 Å². The van der Waals surface area contributed by atoms with Gasteiger partial charge in [-0.15, -0.1) is 0 Å². The Morgan fingerprint density at radius 1 is 0.857 bits per heavy atom. The fraction of sp³-hybridized carbons (Fsp3) is 0.462. The highest BCUT2D eigenvalue weighted by Gasteiger charge is 2.37. The number of hydrogen-bond acceptors (Lipinski definition) is 0. The summed E-state index contributed by atoms with van der Waals surface area (Å²) in [5, 5.41) is 0. The van der Waals surface area contributed by atoms with Gasteiger partial charge < -0.3 is 0 Å². The van der Waals surface area contributed by atoms with Gasteiger partial charge >= 0.3 is 0 Å². The van der Waals surface area contributed by atoms with Crippen LogP contribution in [-0.4, -0.2) is 7.38 Å². The highest BCUT2D eigenvalue weighted by atomic mass is 35.6. The van der Waals surface area contributed by atoms with Crippen molar-refractivity contribution in [3.63, 3.8) is 0 Å². The van der Waals surface area contributed by atoms with E-state index in [0.29, 0.717) is 5.54 Å². The third kappa shape index (κ3) is 4.02. The molecule has 1 atom stereocenters. The van der Waals surface area contributed by atoms with E-state index in [-0.39, 0.29) is 10.8 Å². The topological polar surface area (TPSA) is 0 Å². The minimum Gasteiger partial charge on any atom is -0.167 e. The summed E-state index contributed by atoms with van der Waals surface area (Å²) in [6.45, 7) is 20.6. The number of fused-ring (bicyclic) bond motifs is 1. The zero-order chi connectivity index (χ0) is 21.1. The Bertz CT molecular complexity index is 898. The molecular formula is C26H35ClSi. The molecule has 1 aliphatic carbocycles. The van der Waals surface area contributed by atoms with Crippen molar-refractivity contribution in [2.75, 3.05) is 0 Å². The number of halogens is 1. The van der Waals surface area contributed by atoms with E-state index < -0.39 is 7.38 Å². The molecule has 0 saturated carbocycles. The fourth-order valence-electron chi connectivity index (χ4n) is 4.36. The summed E-state index contributed by atoms with van der Waals surface area (Å²) in [6, 6.07) is 14.0. The van der Waals surface area contributed by atoms with Crippen LogP contribution in [0.15, 0.2) is 42.0 Å². The number of allylic oxidation sites excluding steroid dienone is 1. The number of benzene rings is 2. The van der Waals surface area contributed by atoms with E-state index in [1.54, 1.807) is 0 Å². The molecule has 0 bridgehead atoms. The maximum Gasteiger partial charge on any atom is 0.161 e. The Labute approximate surface area is 177 Å². The minimum absolute atomic E-state index is 0.118. The van der Waals surface area contributed by atoms with Crippen LogP contribution in [0.1, 0.15) is 76.3 Å². The lowest BCUT2D eigenvalue weighted by atomic mass is 9.78. The molecule has 1 unspecified atom stereocenters. The van der Waals surface area contributed by atoms with Crippen LogP contribution in [-0.2, 0) is 10.8 Å². The Morgan fingerprint density at radius 2 is 1.39 bits per heavy atom. The lowest BCUT2D eigenvalue weighted by molar-refractivity contribution is 0.569. The second kappa shape index (κ2) is 6.88. The molecule has 2 aromatic carbocycles. The summed E-state index contributed by atoms with van der Waals surface area (Å²) in [5.41, 5.74) is 10.3. The predicted octanol–water partition coefficient (Wildman–Crippen LogP) is 8.43. The van der Waals surface area contributed by atoms with E-state index in [1.165, 1.54) is 39.0 Å². The van der Waals surface area contributed by atoms with Gasteiger partial charge in [0.25, 0.3) is 0 Å². The van der Waals surface area contributed by atoms with E-state index in [2.05, 4.69) is 104 Å². The fourth-order valence-corrected chi connectivity index (χ4v) is 7.39. The summed E-state index contributed by atoms with van der Waals surface area (Å²) in [4.78, 5) is 0. The van der Waals surface area contributed by atoms with E-state index in [1.807, 2.05) is 0 Å². The summed E-state index contributed by atoms with van der Waals surface area (Å²) in [7, 11) is -1.84. The molecule has 2 heteroatoms. The van der Waals surface area contributed by atoms with Crippen molar-refractivity contribution in [1.82, 2.24) is 0 Å². The molecule has 2 aromatic rings. The van der Waals surface area contributed by atoms with Gasteiger partial charge in [0.05, 0.1) is 0 Å². The van der Waals surface area contributed by atoms with Crippen molar-refractivity contribution >= 4 is 24.5 Å². The first-order chi connectivity index (χ1) is 12.7. The molecule has 0 nitrogen and oxygen atoms in total. The van der Waals surface area contributed by atoms with Crippen LogP contribution < -0.4 is 0 Å². The van der Waals surface area contributed by atoms with Crippen molar-refractivity contribution in [1.29, 1.82) is 0 Å². The quantitative estimate of drug-likeness (QED) is 0.344. The molecule has 0 aromatic heterocycles. The van der Waals surface area contributed by atoms with Crippen molar-refractivity contribution in [2.24, 2.45) is 0 Å². The van der Waals surface area contributed by atoms with E-state index >= 15 is 0 Å². The Balaban J connectivity index is 2.26. The van der Waals surface area contributed by atoms with Gasteiger partial charge in [-0.3, -0.25) is 0 Å². The van der Waals surface area contributed by atoms with Gasteiger partial charge in [-0.1, -0.05) is 103 Å². The second-order valence-electron chi connectivity index (χ2n) is 11.0. The number of rotatable bonds is 2. The molecule has 0 amide bonds. The molecule has 0 N–H and O–H groups in total. The first kappa shape index (κ1) is 21.4. The summed E-state index contributed by atoms with van der Waals surface area (Å²) < 4.78 is 0. The van der Waals surface area contributed by atoms with Crippen LogP contribution >= 0.6 is 11.1 Å². The average Bonchev–Trinajstić information content (AvgIpc) is 2.88. The predicted molar refractivity (Wildman–Crippen MR) is 129 cm³/mol. The van der Waals surface area contributed by atoms with Gasteiger partial charge in [-0.2, -0.15) is 11.1 Å². The van der Waals surface area contributed by atoms with E-state index in [0.717, 1.165) is 0 Å². The first-order valence-corrected chi connectivity index (χ1v) is 14.4. The SMILES string of the molecule is CC1=Cc2c(-c3cc(C(C)(C)C)cc(C(C)(C)C)c3)cccc2C1[Si](C)(C)Cl. The molecular weight excluding hydrogens is 376 g/mol. The summed E-state index contributed by atoms with van der Waals surface area (Å²) >= 11 is 6.93. The smallest absolute Gasteiger partial charge is 0.161 e. The standard InChI is InChI=1S/C26H35ClSi/c1-17-13-23-21(11-10-12-22(23)24(17)28(8,9)27)18-14-19(25(2,3)4)16-20(15-18)26(5,6)7/h10-16,24H,1-9H3. The van der Waals surface area contributed by atoms with Gasteiger partial charge in [0.15, 0.2) is 7.38 Å².